The highest BCUT2D eigenvalue weighted by Gasteiger charge is 2.19. The van der Waals surface area contributed by atoms with Crippen molar-refractivity contribution in [3.05, 3.63) is 133 Å². The smallest absolute Gasteiger partial charge is 0.0541 e. The monoisotopic (exact) mass is 568 g/mol. The van der Waals surface area contributed by atoms with E-state index >= 15 is 0 Å². The molecule has 0 atom stereocenters. The van der Waals surface area contributed by atoms with Crippen molar-refractivity contribution < 1.29 is 0 Å². The van der Waals surface area contributed by atoms with Crippen molar-refractivity contribution in [3.63, 3.8) is 0 Å². The van der Waals surface area contributed by atoms with Crippen LogP contribution in [0.4, 0.5) is 0 Å². The average molecular weight is 569 g/mol. The van der Waals surface area contributed by atoms with Crippen LogP contribution in [0.2, 0.25) is 0 Å². The first kappa shape index (κ1) is 26.5. The summed E-state index contributed by atoms with van der Waals surface area (Å²) in [4.78, 5) is 0. The van der Waals surface area contributed by atoms with Gasteiger partial charge >= 0.3 is 0 Å². The highest BCUT2D eigenvalue weighted by atomic mass is 15.0. The Hall–Kier alpha value is -5.08. The fraction of sp³-hybridized carbons (Fsp3) is 0.143. The van der Waals surface area contributed by atoms with E-state index in [4.69, 9.17) is 0 Å². The molecule has 6 aromatic carbocycles. The van der Waals surface area contributed by atoms with Crippen LogP contribution in [0.5, 0.6) is 0 Å². The summed E-state index contributed by atoms with van der Waals surface area (Å²) in [6.45, 7) is 9.21. The van der Waals surface area contributed by atoms with Crippen LogP contribution in [0, 0.1) is 11.3 Å². The van der Waals surface area contributed by atoms with E-state index < -0.39 is 0 Å². The number of fused-ring (bicyclic) bond motifs is 7. The molecule has 0 amide bonds. The molecule has 0 aliphatic rings. The molecule has 2 nitrogen and oxygen atoms in total. The van der Waals surface area contributed by atoms with Crippen LogP contribution in [0.25, 0.3) is 77.4 Å². The quantitative estimate of drug-likeness (QED) is 0.195. The van der Waals surface area contributed by atoms with Gasteiger partial charge in [-0.15, -0.1) is 0 Å². The minimum absolute atomic E-state index is 0.110. The first-order valence-electron chi connectivity index (χ1n) is 15.6. The first-order chi connectivity index (χ1) is 21.4. The number of hydrogen-bond donors (Lipinski definition) is 0. The van der Waals surface area contributed by atoms with Crippen LogP contribution in [0.1, 0.15) is 27.7 Å². The van der Waals surface area contributed by atoms with Crippen molar-refractivity contribution in [1.29, 1.82) is 0 Å². The van der Waals surface area contributed by atoms with Crippen LogP contribution in [-0.2, 0) is 0 Å². The molecular weight excluding hydrogens is 532 g/mol. The molecule has 214 valence electrons. The van der Waals surface area contributed by atoms with E-state index in [9.17, 15) is 0 Å². The Bertz CT molecular complexity index is 2390. The second-order valence-electron chi connectivity index (χ2n) is 13.0. The number of benzene rings is 6. The van der Waals surface area contributed by atoms with Crippen LogP contribution < -0.4 is 0 Å². The predicted octanol–water partition coefficient (Wildman–Crippen LogP) is 11.9. The maximum Gasteiger partial charge on any atom is 0.0541 e. The lowest BCUT2D eigenvalue weighted by Gasteiger charge is -2.25. The van der Waals surface area contributed by atoms with E-state index in [1.165, 1.54) is 71.2 Å². The molecule has 8 rings (SSSR count). The zero-order valence-electron chi connectivity index (χ0n) is 25.8. The van der Waals surface area contributed by atoms with Crippen LogP contribution in [-0.4, -0.2) is 9.13 Å². The predicted molar refractivity (Wildman–Crippen MR) is 191 cm³/mol. The van der Waals surface area contributed by atoms with Gasteiger partial charge in [-0.3, -0.25) is 0 Å². The molecule has 0 bridgehead atoms. The molecule has 2 heterocycles. The number of nitrogens with zero attached hydrogens (tertiary/aromatic N) is 2. The SMILES string of the molecule is CC(C)C(C)(C)/C=C/n1c2ccccc2c2cc(-c3ccc4c(c3)c3ccccc3n4-c3ccc4ccccc4c3)ccc21. The van der Waals surface area contributed by atoms with E-state index in [-0.39, 0.29) is 5.41 Å². The van der Waals surface area contributed by atoms with Gasteiger partial charge in [-0.1, -0.05) is 113 Å². The van der Waals surface area contributed by atoms with E-state index in [0.717, 1.165) is 0 Å². The highest BCUT2D eigenvalue weighted by Crippen LogP contribution is 2.38. The van der Waals surface area contributed by atoms with Gasteiger partial charge in [-0.05, 0) is 81.8 Å². The van der Waals surface area contributed by atoms with Crippen molar-refractivity contribution in [1.82, 2.24) is 9.13 Å². The molecule has 0 spiro atoms. The van der Waals surface area contributed by atoms with Gasteiger partial charge in [0.1, 0.15) is 0 Å². The molecule has 8 aromatic rings. The second-order valence-corrected chi connectivity index (χ2v) is 13.0. The van der Waals surface area contributed by atoms with Gasteiger partial charge in [0.2, 0.25) is 0 Å². The molecule has 2 aromatic heterocycles. The van der Waals surface area contributed by atoms with Crippen LogP contribution in [0.3, 0.4) is 0 Å². The maximum atomic E-state index is 2.41. The van der Waals surface area contributed by atoms with Crippen molar-refractivity contribution in [2.75, 3.05) is 0 Å². The summed E-state index contributed by atoms with van der Waals surface area (Å²) in [6.07, 6.45) is 4.63. The van der Waals surface area contributed by atoms with E-state index in [0.29, 0.717) is 5.92 Å². The Balaban J connectivity index is 1.29. The van der Waals surface area contributed by atoms with Crippen LogP contribution in [0.15, 0.2) is 133 Å². The summed E-state index contributed by atoms with van der Waals surface area (Å²) in [5, 5.41) is 7.62. The topological polar surface area (TPSA) is 9.86 Å². The Kier molecular flexibility index (Phi) is 6.03. The molecule has 44 heavy (non-hydrogen) atoms. The fourth-order valence-electron chi connectivity index (χ4n) is 6.55. The van der Waals surface area contributed by atoms with Gasteiger partial charge in [-0.2, -0.15) is 0 Å². The van der Waals surface area contributed by atoms with Crippen molar-refractivity contribution in [2.24, 2.45) is 11.3 Å². The van der Waals surface area contributed by atoms with E-state index in [2.05, 4.69) is 176 Å². The number of para-hydroxylation sites is 2. The standard InChI is InChI=1S/C42H36N2/c1-28(2)42(3,4)23-24-43-38-15-9-7-13-34(38)36-26-31(18-21-39(36)43)32-19-22-41-37(27-32)35-14-8-10-16-40(35)44(41)33-20-17-29-11-5-6-12-30(29)25-33/h5-28H,1-4H3/b24-23+. The molecule has 0 radical (unpaired) electrons. The van der Waals surface area contributed by atoms with Gasteiger partial charge in [0.25, 0.3) is 0 Å². The van der Waals surface area contributed by atoms with Gasteiger partial charge in [0.15, 0.2) is 0 Å². The lowest BCUT2D eigenvalue weighted by atomic mass is 9.81. The summed E-state index contributed by atoms with van der Waals surface area (Å²) in [7, 11) is 0. The third-order valence-corrected chi connectivity index (χ3v) is 9.85. The summed E-state index contributed by atoms with van der Waals surface area (Å²) >= 11 is 0. The van der Waals surface area contributed by atoms with E-state index in [1.54, 1.807) is 0 Å². The minimum atomic E-state index is 0.110. The Morgan fingerprint density at radius 1 is 0.523 bits per heavy atom. The first-order valence-corrected chi connectivity index (χ1v) is 15.6. The summed E-state index contributed by atoms with van der Waals surface area (Å²) in [5.41, 5.74) is 8.68. The van der Waals surface area contributed by atoms with Gasteiger partial charge in [-0.25, -0.2) is 0 Å². The molecular formula is C42H36N2. The van der Waals surface area contributed by atoms with Gasteiger partial charge < -0.3 is 9.13 Å². The Morgan fingerprint density at radius 2 is 1.07 bits per heavy atom. The Morgan fingerprint density at radius 3 is 1.80 bits per heavy atom. The minimum Gasteiger partial charge on any atom is -0.316 e. The summed E-state index contributed by atoms with van der Waals surface area (Å²) < 4.78 is 4.77. The van der Waals surface area contributed by atoms with Gasteiger partial charge in [0.05, 0.1) is 22.1 Å². The van der Waals surface area contributed by atoms with Crippen LogP contribution >= 0.6 is 0 Å². The van der Waals surface area contributed by atoms with Gasteiger partial charge in [0, 0.05) is 33.4 Å². The fourth-order valence-corrected chi connectivity index (χ4v) is 6.55. The molecule has 0 aliphatic carbocycles. The molecule has 0 saturated heterocycles. The third-order valence-electron chi connectivity index (χ3n) is 9.85. The highest BCUT2D eigenvalue weighted by molar-refractivity contribution is 6.12. The lowest BCUT2D eigenvalue weighted by Crippen LogP contribution is -2.15. The van der Waals surface area contributed by atoms with E-state index in [1.807, 2.05) is 0 Å². The molecule has 0 unspecified atom stereocenters. The molecule has 2 heteroatoms. The second kappa shape index (κ2) is 9.99. The summed E-state index contributed by atoms with van der Waals surface area (Å²) in [5.74, 6) is 0.556. The van der Waals surface area contributed by atoms with Crippen molar-refractivity contribution >= 4 is 60.6 Å². The normalized spacial score (nSPS) is 12.7. The number of rotatable bonds is 5. The molecule has 0 fully saturated rings. The zero-order chi connectivity index (χ0) is 30.0. The molecule has 0 aliphatic heterocycles. The lowest BCUT2D eigenvalue weighted by molar-refractivity contribution is 0.334. The molecule has 0 saturated carbocycles. The summed E-state index contributed by atoms with van der Waals surface area (Å²) in [6, 6.07) is 46.8. The number of allylic oxidation sites excluding steroid dienone is 1. The zero-order valence-corrected chi connectivity index (χ0v) is 25.8. The average Bonchev–Trinajstić information content (AvgIpc) is 3.55. The Labute approximate surface area is 258 Å². The number of aromatic nitrogens is 2. The maximum absolute atomic E-state index is 2.41. The van der Waals surface area contributed by atoms with Crippen molar-refractivity contribution in [2.45, 2.75) is 27.7 Å². The molecule has 0 N–H and O–H groups in total. The van der Waals surface area contributed by atoms with Crippen molar-refractivity contribution in [3.8, 4) is 16.8 Å². The largest absolute Gasteiger partial charge is 0.316 e. The number of hydrogen-bond acceptors (Lipinski definition) is 0. The third kappa shape index (κ3) is 4.17.